The molecule has 84 valence electrons. The highest BCUT2D eigenvalue weighted by atomic mass is 14.9. The summed E-state index contributed by atoms with van der Waals surface area (Å²) < 4.78 is 0. The minimum atomic E-state index is 0. The van der Waals surface area contributed by atoms with Crippen LogP contribution in [0.15, 0.2) is 0 Å². The molecule has 1 saturated carbocycles. The van der Waals surface area contributed by atoms with Crippen LogP contribution in [0, 0.1) is 17.3 Å². The number of nitrogens with one attached hydrogen (secondary N) is 1. The Morgan fingerprint density at radius 1 is 1.14 bits per heavy atom. The highest BCUT2D eigenvalue weighted by molar-refractivity contribution is 4.94. The molecule has 14 heavy (non-hydrogen) atoms. The third-order valence-electron chi connectivity index (χ3n) is 4.60. The first-order valence-electron chi connectivity index (χ1n) is 6.45. The lowest BCUT2D eigenvalue weighted by molar-refractivity contribution is 0.0310. The largest absolute Gasteiger partial charge is 0.316 e. The zero-order valence-corrected chi connectivity index (χ0v) is 9.81. The lowest BCUT2D eigenvalue weighted by Crippen LogP contribution is -2.48. The second kappa shape index (κ2) is 4.22. The molecule has 1 aliphatic heterocycles. The van der Waals surface area contributed by atoms with Crippen molar-refractivity contribution in [3.8, 4) is 0 Å². The first-order valence-corrected chi connectivity index (χ1v) is 6.45. The quantitative estimate of drug-likeness (QED) is 0.679. The third-order valence-corrected chi connectivity index (χ3v) is 4.60. The Balaban J connectivity index is 0.00000112. The Morgan fingerprint density at radius 2 is 1.86 bits per heavy atom. The SMILES string of the molecule is CC(C)C1CNCCC12CCCCC2.[HH]. The van der Waals surface area contributed by atoms with Gasteiger partial charge in [0.15, 0.2) is 0 Å². The van der Waals surface area contributed by atoms with Crippen LogP contribution in [0.1, 0.15) is 53.8 Å². The normalized spacial score (nSPS) is 32.4. The Kier molecular flexibility index (Phi) is 3.16. The minimum Gasteiger partial charge on any atom is -0.316 e. The van der Waals surface area contributed by atoms with Crippen LogP contribution in [0.25, 0.3) is 0 Å². The molecule has 0 aromatic rings. The molecule has 0 aromatic heterocycles. The molecule has 0 bridgehead atoms. The lowest BCUT2D eigenvalue weighted by Gasteiger charge is -2.49. The van der Waals surface area contributed by atoms with Gasteiger partial charge in [-0.05, 0) is 49.6 Å². The molecule has 0 aromatic carbocycles. The first kappa shape index (κ1) is 10.5. The smallest absolute Gasteiger partial charge is 0 e. The Labute approximate surface area is 90.1 Å². The first-order chi connectivity index (χ1) is 6.75. The second-order valence-electron chi connectivity index (χ2n) is 5.73. The van der Waals surface area contributed by atoms with E-state index in [9.17, 15) is 0 Å². The summed E-state index contributed by atoms with van der Waals surface area (Å²) >= 11 is 0. The van der Waals surface area contributed by atoms with E-state index in [4.69, 9.17) is 0 Å². The van der Waals surface area contributed by atoms with E-state index in [1.165, 1.54) is 51.6 Å². The summed E-state index contributed by atoms with van der Waals surface area (Å²) in [5.74, 6) is 1.80. The van der Waals surface area contributed by atoms with Crippen molar-refractivity contribution in [1.29, 1.82) is 0 Å². The standard InChI is InChI=1S/C13H25N.H2/c1-11(2)12-10-14-9-8-13(12)6-4-3-5-7-13;/h11-12,14H,3-10H2,1-2H3;1H. The summed E-state index contributed by atoms with van der Waals surface area (Å²) in [7, 11) is 0. The van der Waals surface area contributed by atoms with Gasteiger partial charge in [0.25, 0.3) is 0 Å². The molecule has 1 heteroatoms. The van der Waals surface area contributed by atoms with Gasteiger partial charge in [-0.3, -0.25) is 0 Å². The zero-order chi connectivity index (χ0) is 10.0. The maximum atomic E-state index is 3.59. The number of piperidine rings is 1. The number of hydrogen-bond acceptors (Lipinski definition) is 1. The third kappa shape index (κ3) is 1.84. The van der Waals surface area contributed by atoms with E-state index in [0.717, 1.165) is 17.3 Å². The van der Waals surface area contributed by atoms with Gasteiger partial charge in [0, 0.05) is 1.43 Å². The van der Waals surface area contributed by atoms with E-state index in [1.807, 2.05) is 0 Å². The Bertz CT molecular complexity index is 177. The van der Waals surface area contributed by atoms with Crippen LogP contribution >= 0.6 is 0 Å². The average molecular weight is 197 g/mol. The predicted molar refractivity (Wildman–Crippen MR) is 63.4 cm³/mol. The van der Waals surface area contributed by atoms with E-state index in [2.05, 4.69) is 19.2 Å². The van der Waals surface area contributed by atoms with Crippen molar-refractivity contribution in [2.75, 3.05) is 13.1 Å². The van der Waals surface area contributed by atoms with Gasteiger partial charge in [-0.15, -0.1) is 0 Å². The molecule has 2 aliphatic rings. The molecule has 1 saturated heterocycles. The molecule has 0 amide bonds. The van der Waals surface area contributed by atoms with E-state index >= 15 is 0 Å². The lowest BCUT2D eigenvalue weighted by atomic mass is 9.59. The molecule has 1 spiro atoms. The van der Waals surface area contributed by atoms with Crippen molar-refractivity contribution in [2.45, 2.75) is 52.4 Å². The maximum Gasteiger partial charge on any atom is 0 e. The number of rotatable bonds is 1. The summed E-state index contributed by atoms with van der Waals surface area (Å²) in [6.45, 7) is 7.36. The minimum absolute atomic E-state index is 0. The van der Waals surface area contributed by atoms with Crippen LogP contribution < -0.4 is 5.32 Å². The van der Waals surface area contributed by atoms with E-state index in [0.29, 0.717) is 0 Å². The fraction of sp³-hybridized carbons (Fsp3) is 1.00. The highest BCUT2D eigenvalue weighted by Crippen LogP contribution is 2.48. The fourth-order valence-corrected chi connectivity index (χ4v) is 3.82. The molecular formula is C13H27N. The van der Waals surface area contributed by atoms with Gasteiger partial charge in [-0.1, -0.05) is 33.1 Å². The van der Waals surface area contributed by atoms with Crippen LogP contribution in [0.5, 0.6) is 0 Å². The molecule has 1 atom stereocenters. The molecule has 0 radical (unpaired) electrons. The molecule has 1 heterocycles. The van der Waals surface area contributed by atoms with E-state index in [1.54, 1.807) is 0 Å². The maximum absolute atomic E-state index is 3.59. The summed E-state index contributed by atoms with van der Waals surface area (Å²) in [6.07, 6.45) is 8.93. The van der Waals surface area contributed by atoms with Crippen LogP contribution in [0.4, 0.5) is 0 Å². The van der Waals surface area contributed by atoms with Gasteiger partial charge in [0.2, 0.25) is 0 Å². The van der Waals surface area contributed by atoms with E-state index in [-0.39, 0.29) is 1.43 Å². The Hall–Kier alpha value is -0.0400. The Morgan fingerprint density at radius 3 is 2.50 bits per heavy atom. The monoisotopic (exact) mass is 197 g/mol. The van der Waals surface area contributed by atoms with Gasteiger partial charge in [0.05, 0.1) is 0 Å². The van der Waals surface area contributed by atoms with Gasteiger partial charge < -0.3 is 5.32 Å². The molecule has 2 rings (SSSR count). The van der Waals surface area contributed by atoms with Crippen LogP contribution in [-0.2, 0) is 0 Å². The molecular weight excluding hydrogens is 170 g/mol. The molecule has 1 nitrogen and oxygen atoms in total. The van der Waals surface area contributed by atoms with Gasteiger partial charge in [-0.25, -0.2) is 0 Å². The number of hydrogen-bond donors (Lipinski definition) is 1. The summed E-state index contributed by atoms with van der Waals surface area (Å²) in [4.78, 5) is 0. The van der Waals surface area contributed by atoms with Gasteiger partial charge in [-0.2, -0.15) is 0 Å². The zero-order valence-electron chi connectivity index (χ0n) is 9.81. The second-order valence-corrected chi connectivity index (χ2v) is 5.73. The van der Waals surface area contributed by atoms with Crippen molar-refractivity contribution in [2.24, 2.45) is 17.3 Å². The van der Waals surface area contributed by atoms with Crippen LogP contribution in [0.3, 0.4) is 0 Å². The highest BCUT2D eigenvalue weighted by Gasteiger charge is 2.42. The van der Waals surface area contributed by atoms with Gasteiger partial charge >= 0.3 is 0 Å². The van der Waals surface area contributed by atoms with Crippen molar-refractivity contribution >= 4 is 0 Å². The van der Waals surface area contributed by atoms with Crippen molar-refractivity contribution < 1.29 is 1.43 Å². The summed E-state index contributed by atoms with van der Waals surface area (Å²) in [5.41, 5.74) is 0.734. The summed E-state index contributed by atoms with van der Waals surface area (Å²) in [6, 6.07) is 0. The average Bonchev–Trinajstić information content (AvgIpc) is 2.19. The summed E-state index contributed by atoms with van der Waals surface area (Å²) in [5, 5.41) is 3.59. The van der Waals surface area contributed by atoms with Crippen molar-refractivity contribution in [3.05, 3.63) is 0 Å². The molecule has 1 aliphatic carbocycles. The van der Waals surface area contributed by atoms with Crippen molar-refractivity contribution in [1.82, 2.24) is 5.32 Å². The molecule has 1 N–H and O–H groups in total. The predicted octanol–water partition coefficient (Wildman–Crippen LogP) is 3.45. The van der Waals surface area contributed by atoms with Crippen LogP contribution in [-0.4, -0.2) is 13.1 Å². The molecule has 2 fully saturated rings. The van der Waals surface area contributed by atoms with Crippen molar-refractivity contribution in [3.63, 3.8) is 0 Å². The van der Waals surface area contributed by atoms with Gasteiger partial charge in [0.1, 0.15) is 0 Å². The topological polar surface area (TPSA) is 12.0 Å². The fourth-order valence-electron chi connectivity index (χ4n) is 3.82. The van der Waals surface area contributed by atoms with Crippen LogP contribution in [0.2, 0.25) is 0 Å². The molecule has 1 unspecified atom stereocenters. The van der Waals surface area contributed by atoms with E-state index < -0.39 is 0 Å².